The van der Waals surface area contributed by atoms with Gasteiger partial charge in [0.15, 0.2) is 5.78 Å². The maximum absolute atomic E-state index is 14.6. The standard InChI is InChI=1S/C22H25FN4O3S.ClH/c23-18-4-2-1-3-17(18)21(22(30)14-5-6-14)26-9-7-19(31)15(13-26)11-16-12-24-25-27(16)10-8-20(28)29;/h1-4,11-12,14,19,21,31H,5-10,13H2,(H,28,29);1H/b15-11+;. The van der Waals surface area contributed by atoms with Crippen molar-refractivity contribution in [2.75, 3.05) is 13.1 Å². The number of nitrogens with zero attached hydrogens (tertiary/aromatic N) is 4. The van der Waals surface area contributed by atoms with E-state index < -0.39 is 12.0 Å². The Balaban J connectivity index is 0.00000289. The summed E-state index contributed by atoms with van der Waals surface area (Å²) in [4.78, 5) is 26.1. The number of carboxylic acids is 1. The molecule has 1 aliphatic heterocycles. The largest absolute Gasteiger partial charge is 0.481 e. The van der Waals surface area contributed by atoms with Gasteiger partial charge in [-0.25, -0.2) is 9.07 Å². The number of hydrogen-bond acceptors (Lipinski definition) is 6. The molecule has 1 saturated carbocycles. The van der Waals surface area contributed by atoms with Crippen molar-refractivity contribution in [2.24, 2.45) is 5.92 Å². The number of thiol groups is 1. The van der Waals surface area contributed by atoms with Gasteiger partial charge in [-0.05, 0) is 37.0 Å². The fourth-order valence-corrected chi connectivity index (χ4v) is 4.29. The third kappa shape index (κ3) is 5.57. The summed E-state index contributed by atoms with van der Waals surface area (Å²) in [6.07, 6.45) is 5.88. The van der Waals surface area contributed by atoms with Crippen molar-refractivity contribution in [2.45, 2.75) is 43.5 Å². The summed E-state index contributed by atoms with van der Waals surface area (Å²) < 4.78 is 16.2. The second-order valence-electron chi connectivity index (χ2n) is 8.12. The predicted octanol–water partition coefficient (Wildman–Crippen LogP) is 3.42. The number of piperidine rings is 1. The molecule has 4 rings (SSSR count). The Morgan fingerprint density at radius 3 is 2.72 bits per heavy atom. The van der Waals surface area contributed by atoms with Crippen LogP contribution in [0.4, 0.5) is 4.39 Å². The summed E-state index contributed by atoms with van der Waals surface area (Å²) in [5.74, 6) is -1.19. The van der Waals surface area contributed by atoms with E-state index in [-0.39, 0.29) is 48.1 Å². The molecular weight excluding hydrogens is 455 g/mol. The lowest BCUT2D eigenvalue weighted by Gasteiger charge is -2.37. The van der Waals surface area contributed by atoms with Crippen LogP contribution in [0.5, 0.6) is 0 Å². The Kier molecular flexibility index (Phi) is 8.08. The number of carbonyl (C=O) groups excluding carboxylic acids is 1. The van der Waals surface area contributed by atoms with E-state index in [4.69, 9.17) is 17.7 Å². The quantitative estimate of drug-likeness (QED) is 0.563. The van der Waals surface area contributed by atoms with Gasteiger partial charge in [0.05, 0.1) is 30.9 Å². The average molecular weight is 481 g/mol. The molecule has 32 heavy (non-hydrogen) atoms. The van der Waals surface area contributed by atoms with Crippen LogP contribution in [0.1, 0.15) is 43.0 Å². The maximum atomic E-state index is 14.6. The fourth-order valence-electron chi connectivity index (χ4n) is 4.02. The number of halogens is 2. The number of rotatable bonds is 8. The van der Waals surface area contributed by atoms with Gasteiger partial charge in [0, 0.05) is 29.8 Å². The number of aryl methyl sites for hydroxylation is 1. The molecule has 2 aliphatic rings. The molecule has 0 amide bonds. The van der Waals surface area contributed by atoms with Gasteiger partial charge >= 0.3 is 5.97 Å². The summed E-state index contributed by atoms with van der Waals surface area (Å²) in [6, 6.07) is 5.88. The zero-order valence-corrected chi connectivity index (χ0v) is 19.1. The summed E-state index contributed by atoms with van der Waals surface area (Å²) in [5.41, 5.74) is 2.08. The van der Waals surface area contributed by atoms with E-state index in [1.807, 2.05) is 11.0 Å². The maximum Gasteiger partial charge on any atom is 0.305 e. The zero-order chi connectivity index (χ0) is 22.0. The van der Waals surface area contributed by atoms with Crippen LogP contribution in [0.15, 0.2) is 36.0 Å². The van der Waals surface area contributed by atoms with Gasteiger partial charge in [0.25, 0.3) is 0 Å². The van der Waals surface area contributed by atoms with Crippen molar-refractivity contribution in [3.8, 4) is 0 Å². The molecule has 0 spiro atoms. The average Bonchev–Trinajstić information content (AvgIpc) is 3.50. The van der Waals surface area contributed by atoms with Gasteiger partial charge in [-0.15, -0.1) is 17.5 Å². The predicted molar refractivity (Wildman–Crippen MR) is 123 cm³/mol. The molecular formula is C22H26ClFN4O3S. The molecule has 2 fully saturated rings. The van der Waals surface area contributed by atoms with Crippen LogP contribution in [0.2, 0.25) is 0 Å². The number of hydrogen-bond donors (Lipinski definition) is 2. The summed E-state index contributed by atoms with van der Waals surface area (Å²) in [6.45, 7) is 1.32. The molecule has 0 bridgehead atoms. The first-order chi connectivity index (χ1) is 14.9. The molecule has 0 radical (unpaired) electrons. The van der Waals surface area contributed by atoms with Gasteiger partial charge in [0.2, 0.25) is 0 Å². The number of Topliss-reactive ketones (excluding diaryl/α,β-unsaturated/α-hetero) is 1. The van der Waals surface area contributed by atoms with Crippen LogP contribution in [0, 0.1) is 11.7 Å². The van der Waals surface area contributed by atoms with Crippen LogP contribution < -0.4 is 0 Å². The van der Waals surface area contributed by atoms with Gasteiger partial charge < -0.3 is 5.11 Å². The highest BCUT2D eigenvalue weighted by molar-refractivity contribution is 7.81. The normalized spacial score (nSPS) is 21.2. The van der Waals surface area contributed by atoms with E-state index in [1.165, 1.54) is 6.07 Å². The van der Waals surface area contributed by atoms with Gasteiger partial charge in [-0.1, -0.05) is 23.4 Å². The smallest absolute Gasteiger partial charge is 0.305 e. The van der Waals surface area contributed by atoms with E-state index in [1.54, 1.807) is 29.1 Å². The van der Waals surface area contributed by atoms with Crippen LogP contribution in [0.25, 0.3) is 6.08 Å². The van der Waals surface area contributed by atoms with E-state index in [0.717, 1.165) is 18.4 Å². The molecule has 2 aromatic rings. The SMILES string of the molecule is Cl.O=C(O)CCn1nncc1/C=C1\CN(C(C(=O)C2CC2)c2ccccc2F)CCC1S. The molecule has 1 aliphatic carbocycles. The first-order valence-corrected chi connectivity index (χ1v) is 11.0. The molecule has 2 atom stereocenters. The zero-order valence-electron chi connectivity index (χ0n) is 17.4. The van der Waals surface area contributed by atoms with E-state index >= 15 is 0 Å². The van der Waals surface area contributed by atoms with Crippen LogP contribution in [-0.4, -0.2) is 55.1 Å². The van der Waals surface area contributed by atoms with Crippen LogP contribution in [-0.2, 0) is 16.1 Å². The monoisotopic (exact) mass is 480 g/mol. The molecule has 1 N–H and O–H groups in total. The van der Waals surface area contributed by atoms with Crippen molar-refractivity contribution in [1.29, 1.82) is 0 Å². The molecule has 1 aromatic carbocycles. The first kappa shape index (κ1) is 24.4. The number of carboxylic acid groups (broad SMARTS) is 1. The lowest BCUT2D eigenvalue weighted by molar-refractivity contribution is -0.137. The number of ketones is 1. The summed E-state index contributed by atoms with van der Waals surface area (Å²) in [5, 5.41) is 16.8. The molecule has 7 nitrogen and oxygen atoms in total. The molecule has 172 valence electrons. The third-order valence-corrected chi connectivity index (χ3v) is 6.43. The van der Waals surface area contributed by atoms with Crippen molar-refractivity contribution in [3.63, 3.8) is 0 Å². The Hall–Kier alpha value is -2.23. The molecule has 1 saturated heterocycles. The second kappa shape index (κ2) is 10.6. The Morgan fingerprint density at radius 1 is 1.28 bits per heavy atom. The highest BCUT2D eigenvalue weighted by atomic mass is 35.5. The Bertz CT molecular complexity index is 1010. The van der Waals surface area contributed by atoms with E-state index in [9.17, 15) is 14.0 Å². The third-order valence-electron chi connectivity index (χ3n) is 5.84. The Morgan fingerprint density at radius 2 is 2.03 bits per heavy atom. The van der Waals surface area contributed by atoms with Gasteiger partial charge in [0.1, 0.15) is 5.82 Å². The highest BCUT2D eigenvalue weighted by Gasteiger charge is 2.40. The fraction of sp³-hybridized carbons (Fsp3) is 0.455. The second-order valence-corrected chi connectivity index (χ2v) is 8.74. The van der Waals surface area contributed by atoms with Gasteiger partial charge in [-0.3, -0.25) is 14.5 Å². The number of likely N-dealkylation sites (tertiary alicyclic amines) is 1. The van der Waals surface area contributed by atoms with Gasteiger partial charge in [-0.2, -0.15) is 12.6 Å². The van der Waals surface area contributed by atoms with Crippen molar-refractivity contribution >= 4 is 42.9 Å². The number of aliphatic carboxylic acids is 1. The van der Waals surface area contributed by atoms with Crippen molar-refractivity contribution in [3.05, 3.63) is 53.1 Å². The topological polar surface area (TPSA) is 88.3 Å². The number of benzene rings is 1. The van der Waals surface area contributed by atoms with Crippen LogP contribution >= 0.6 is 25.0 Å². The first-order valence-electron chi connectivity index (χ1n) is 10.4. The summed E-state index contributed by atoms with van der Waals surface area (Å²) >= 11 is 4.71. The minimum atomic E-state index is -0.906. The minimum absolute atomic E-state index is 0. The van der Waals surface area contributed by atoms with Crippen LogP contribution in [0.3, 0.4) is 0 Å². The number of carbonyl (C=O) groups is 2. The molecule has 1 aromatic heterocycles. The van der Waals surface area contributed by atoms with E-state index in [0.29, 0.717) is 30.8 Å². The minimum Gasteiger partial charge on any atom is -0.481 e. The summed E-state index contributed by atoms with van der Waals surface area (Å²) in [7, 11) is 0. The van der Waals surface area contributed by atoms with Crippen molar-refractivity contribution in [1.82, 2.24) is 19.9 Å². The molecule has 2 heterocycles. The lowest BCUT2D eigenvalue weighted by atomic mass is 9.93. The molecule has 2 unspecified atom stereocenters. The number of aromatic nitrogens is 3. The highest BCUT2D eigenvalue weighted by Crippen LogP contribution is 2.39. The Labute approximate surface area is 197 Å². The lowest BCUT2D eigenvalue weighted by Crippen LogP contribution is -2.42. The molecule has 10 heteroatoms. The van der Waals surface area contributed by atoms with Crippen molar-refractivity contribution < 1.29 is 19.1 Å². The van der Waals surface area contributed by atoms with E-state index in [2.05, 4.69) is 10.3 Å².